The maximum atomic E-state index is 14.2. The van der Waals surface area contributed by atoms with E-state index in [1.807, 2.05) is 50.2 Å². The molecule has 38 heavy (non-hydrogen) atoms. The molecular weight excluding hydrogens is 522 g/mol. The highest BCUT2D eigenvalue weighted by molar-refractivity contribution is 7.89. The molecule has 4 rings (SSSR count). The molecule has 0 aliphatic rings. The summed E-state index contributed by atoms with van der Waals surface area (Å²) in [4.78, 5) is 18.9. The number of aromatic nitrogens is 2. The van der Waals surface area contributed by atoms with Gasteiger partial charge < -0.3 is 4.74 Å². The predicted molar refractivity (Wildman–Crippen MR) is 152 cm³/mol. The lowest BCUT2D eigenvalue weighted by Gasteiger charge is -2.30. The van der Waals surface area contributed by atoms with Crippen molar-refractivity contribution in [1.82, 2.24) is 13.9 Å². The van der Waals surface area contributed by atoms with Crippen LogP contribution in [0.1, 0.15) is 41.0 Å². The summed E-state index contributed by atoms with van der Waals surface area (Å²) in [5, 5.41) is 0.827. The molecular formula is C29H32ClN3O4S. The van der Waals surface area contributed by atoms with Gasteiger partial charge in [0.1, 0.15) is 5.82 Å². The molecule has 1 atom stereocenters. The summed E-state index contributed by atoms with van der Waals surface area (Å²) in [7, 11) is -2.48. The standard InChI is InChI=1S/C29H32ClN3O4S/c1-18-7-10-24(11-8-18)33-28(31-26-17-23(30)9-12-25(26)29(33)34)22(5)32(13-14-37-6)38(35,36)27-20(3)15-19(2)16-21(27)4/h7-12,15-17,22H,13-14H2,1-6H3. The van der Waals surface area contributed by atoms with Gasteiger partial charge in [-0.1, -0.05) is 47.0 Å². The molecule has 3 aromatic carbocycles. The van der Waals surface area contributed by atoms with Crippen LogP contribution in [0, 0.1) is 27.7 Å². The summed E-state index contributed by atoms with van der Waals surface area (Å²) in [6.07, 6.45) is 0. The van der Waals surface area contributed by atoms with Gasteiger partial charge >= 0.3 is 0 Å². The number of benzene rings is 3. The van der Waals surface area contributed by atoms with Crippen molar-refractivity contribution in [3.8, 4) is 5.69 Å². The predicted octanol–water partition coefficient (Wildman–Crippen LogP) is 5.67. The number of hydrogen-bond acceptors (Lipinski definition) is 5. The van der Waals surface area contributed by atoms with E-state index in [9.17, 15) is 13.2 Å². The second-order valence-electron chi connectivity index (χ2n) is 9.62. The van der Waals surface area contributed by atoms with E-state index in [4.69, 9.17) is 21.3 Å². The van der Waals surface area contributed by atoms with Crippen molar-refractivity contribution in [2.45, 2.75) is 45.6 Å². The minimum atomic E-state index is -4.01. The van der Waals surface area contributed by atoms with Crippen molar-refractivity contribution in [3.05, 3.63) is 98.1 Å². The van der Waals surface area contributed by atoms with Crippen LogP contribution < -0.4 is 5.56 Å². The van der Waals surface area contributed by atoms with Crippen LogP contribution in [0.15, 0.2) is 64.3 Å². The number of sulfonamides is 1. The first-order valence-electron chi connectivity index (χ1n) is 12.3. The number of hydrogen-bond donors (Lipinski definition) is 0. The summed E-state index contributed by atoms with van der Waals surface area (Å²) in [5.41, 5.74) is 4.03. The van der Waals surface area contributed by atoms with E-state index < -0.39 is 16.1 Å². The third kappa shape index (κ3) is 5.27. The number of nitrogens with zero attached hydrogens (tertiary/aromatic N) is 3. The van der Waals surface area contributed by atoms with Gasteiger partial charge in [0.2, 0.25) is 10.0 Å². The van der Waals surface area contributed by atoms with E-state index in [-0.39, 0.29) is 29.4 Å². The molecule has 0 aliphatic carbocycles. The minimum absolute atomic E-state index is 0.0735. The van der Waals surface area contributed by atoms with Gasteiger partial charge in [-0.3, -0.25) is 9.36 Å². The maximum Gasteiger partial charge on any atom is 0.266 e. The average Bonchev–Trinajstić information content (AvgIpc) is 2.83. The fourth-order valence-electron chi connectivity index (χ4n) is 4.92. The first-order valence-corrected chi connectivity index (χ1v) is 14.2. The Morgan fingerprint density at radius 2 is 1.61 bits per heavy atom. The normalized spacial score (nSPS) is 12.8. The Kier molecular flexibility index (Phi) is 8.09. The number of rotatable bonds is 8. The first-order chi connectivity index (χ1) is 17.9. The van der Waals surface area contributed by atoms with Crippen LogP contribution in [0.5, 0.6) is 0 Å². The highest BCUT2D eigenvalue weighted by Crippen LogP contribution is 2.32. The van der Waals surface area contributed by atoms with E-state index in [0.29, 0.717) is 32.7 Å². The van der Waals surface area contributed by atoms with Crippen LogP contribution in [0.3, 0.4) is 0 Å². The SMILES string of the molecule is COCCN(C(C)c1nc2cc(Cl)ccc2c(=O)n1-c1ccc(C)cc1)S(=O)(=O)c1c(C)cc(C)cc1C. The summed E-state index contributed by atoms with van der Waals surface area (Å²) >= 11 is 6.24. The van der Waals surface area contributed by atoms with Crippen LogP contribution in [-0.4, -0.2) is 42.5 Å². The number of aryl methyl sites for hydroxylation is 4. The molecule has 1 aromatic heterocycles. The molecule has 7 nitrogen and oxygen atoms in total. The van der Waals surface area contributed by atoms with Crippen molar-refractivity contribution in [3.63, 3.8) is 0 Å². The first kappa shape index (κ1) is 28.0. The largest absolute Gasteiger partial charge is 0.383 e. The molecule has 0 radical (unpaired) electrons. The average molecular weight is 554 g/mol. The minimum Gasteiger partial charge on any atom is -0.383 e. The van der Waals surface area contributed by atoms with E-state index in [1.165, 1.54) is 16.0 Å². The van der Waals surface area contributed by atoms with Crippen molar-refractivity contribution in [2.75, 3.05) is 20.3 Å². The number of fused-ring (bicyclic) bond motifs is 1. The van der Waals surface area contributed by atoms with E-state index in [0.717, 1.165) is 11.1 Å². The van der Waals surface area contributed by atoms with Crippen LogP contribution in [0.2, 0.25) is 5.02 Å². The lowest BCUT2D eigenvalue weighted by molar-refractivity contribution is 0.166. The van der Waals surface area contributed by atoms with Crippen molar-refractivity contribution < 1.29 is 13.2 Å². The second kappa shape index (κ2) is 11.0. The molecule has 4 aromatic rings. The summed E-state index contributed by atoms with van der Waals surface area (Å²) < 4.78 is 36.6. The molecule has 9 heteroatoms. The molecule has 1 heterocycles. The molecule has 0 amide bonds. The van der Waals surface area contributed by atoms with E-state index >= 15 is 0 Å². The van der Waals surface area contributed by atoms with E-state index in [2.05, 4.69) is 0 Å². The van der Waals surface area contributed by atoms with Crippen molar-refractivity contribution in [2.24, 2.45) is 0 Å². The zero-order valence-corrected chi connectivity index (χ0v) is 24.0. The van der Waals surface area contributed by atoms with Gasteiger partial charge in [-0.05, 0) is 76.1 Å². The van der Waals surface area contributed by atoms with Crippen LogP contribution in [0.25, 0.3) is 16.6 Å². The molecule has 0 saturated heterocycles. The molecule has 0 bridgehead atoms. The Balaban J connectivity index is 2.00. The molecule has 0 N–H and O–H groups in total. The fraction of sp³-hybridized carbons (Fsp3) is 0.310. The van der Waals surface area contributed by atoms with Crippen LogP contribution in [-0.2, 0) is 14.8 Å². The summed E-state index contributed by atoms with van der Waals surface area (Å²) in [6, 6.07) is 15.3. The summed E-state index contributed by atoms with van der Waals surface area (Å²) in [6.45, 7) is 9.48. The summed E-state index contributed by atoms with van der Waals surface area (Å²) in [5.74, 6) is 0.288. The maximum absolute atomic E-state index is 14.2. The van der Waals surface area contributed by atoms with E-state index in [1.54, 1.807) is 39.0 Å². The molecule has 0 aliphatic heterocycles. The highest BCUT2D eigenvalue weighted by Gasteiger charge is 2.35. The van der Waals surface area contributed by atoms with Gasteiger partial charge in [0.05, 0.1) is 34.1 Å². The van der Waals surface area contributed by atoms with Crippen molar-refractivity contribution in [1.29, 1.82) is 0 Å². The van der Waals surface area contributed by atoms with Gasteiger partial charge in [-0.25, -0.2) is 13.4 Å². The Bertz CT molecular complexity index is 1640. The van der Waals surface area contributed by atoms with Crippen LogP contribution >= 0.6 is 11.6 Å². The lowest BCUT2D eigenvalue weighted by atomic mass is 10.1. The van der Waals surface area contributed by atoms with Gasteiger partial charge in [0.15, 0.2) is 0 Å². The molecule has 0 fully saturated rings. The monoisotopic (exact) mass is 553 g/mol. The highest BCUT2D eigenvalue weighted by atomic mass is 35.5. The quantitative estimate of drug-likeness (QED) is 0.281. The second-order valence-corrected chi connectivity index (χ2v) is 11.9. The Morgan fingerprint density at radius 3 is 2.21 bits per heavy atom. The topological polar surface area (TPSA) is 81.5 Å². The molecule has 1 unspecified atom stereocenters. The zero-order chi connectivity index (χ0) is 27.8. The van der Waals surface area contributed by atoms with Gasteiger partial charge in [-0.2, -0.15) is 4.31 Å². The number of methoxy groups -OCH3 is 1. The van der Waals surface area contributed by atoms with Gasteiger partial charge in [0, 0.05) is 18.7 Å². The van der Waals surface area contributed by atoms with Gasteiger partial charge in [0.25, 0.3) is 5.56 Å². The van der Waals surface area contributed by atoms with Crippen LogP contribution in [0.4, 0.5) is 0 Å². The number of ether oxygens (including phenoxy) is 1. The third-order valence-electron chi connectivity index (χ3n) is 6.64. The molecule has 200 valence electrons. The smallest absolute Gasteiger partial charge is 0.266 e. The number of halogens is 1. The fourth-order valence-corrected chi connectivity index (χ4v) is 7.08. The molecule has 0 saturated carbocycles. The lowest BCUT2D eigenvalue weighted by Crippen LogP contribution is -2.39. The Morgan fingerprint density at radius 1 is 0.974 bits per heavy atom. The van der Waals surface area contributed by atoms with Gasteiger partial charge in [-0.15, -0.1) is 0 Å². The Labute approximate surface area is 228 Å². The zero-order valence-electron chi connectivity index (χ0n) is 22.4. The molecule has 0 spiro atoms. The van der Waals surface area contributed by atoms with Crippen molar-refractivity contribution >= 4 is 32.5 Å². The third-order valence-corrected chi connectivity index (χ3v) is 9.15. The Hall–Kier alpha value is -3.04.